The fourth-order valence-electron chi connectivity index (χ4n) is 8.77. The Hall–Kier alpha value is -5.90. The van der Waals surface area contributed by atoms with Gasteiger partial charge in [0, 0.05) is 59.3 Å². The average Bonchev–Trinajstić information content (AvgIpc) is 3.87. The van der Waals surface area contributed by atoms with Gasteiger partial charge < -0.3 is 9.13 Å². The van der Waals surface area contributed by atoms with Crippen molar-refractivity contribution in [2.45, 2.75) is 19.3 Å². The van der Waals surface area contributed by atoms with Crippen molar-refractivity contribution in [3.8, 4) is 33.6 Å². The number of rotatable bonds is 3. The number of fused-ring (bicyclic) bond motifs is 9. The van der Waals surface area contributed by atoms with Crippen LogP contribution in [0.4, 0.5) is 0 Å². The Bertz CT molecular complexity index is 2990. The molecule has 0 N–H and O–H groups in total. The molecule has 0 amide bonds. The molecule has 10 aromatic rings. The molecule has 50 heavy (non-hydrogen) atoms. The minimum absolute atomic E-state index is 0.113. The molecule has 236 valence electrons. The van der Waals surface area contributed by atoms with Crippen molar-refractivity contribution < 1.29 is 0 Å². The van der Waals surface area contributed by atoms with Crippen LogP contribution in [0.5, 0.6) is 0 Å². The van der Waals surface area contributed by atoms with Gasteiger partial charge in [0.15, 0.2) is 0 Å². The smallest absolute Gasteiger partial charge is 0.0635 e. The largest absolute Gasteiger partial charge is 0.316 e. The summed E-state index contributed by atoms with van der Waals surface area (Å²) in [7, 11) is 0. The van der Waals surface area contributed by atoms with E-state index < -0.39 is 0 Å². The normalized spacial score (nSPS) is 13.6. The van der Waals surface area contributed by atoms with Crippen LogP contribution in [0.1, 0.15) is 25.0 Å². The lowest BCUT2D eigenvalue weighted by atomic mass is 9.74. The fourth-order valence-corrected chi connectivity index (χ4v) is 10.1. The van der Waals surface area contributed by atoms with Crippen LogP contribution in [0.3, 0.4) is 0 Å². The van der Waals surface area contributed by atoms with Gasteiger partial charge in [-0.3, -0.25) is 0 Å². The fraction of sp³-hybridized carbons (Fsp3) is 0.0638. The molecule has 4 heterocycles. The summed E-state index contributed by atoms with van der Waals surface area (Å²) in [6, 6.07) is 56.1. The Labute approximate surface area is 294 Å². The molecule has 0 unspecified atom stereocenters. The number of aromatic nitrogens is 2. The van der Waals surface area contributed by atoms with Crippen molar-refractivity contribution in [3.05, 3.63) is 169 Å². The van der Waals surface area contributed by atoms with Gasteiger partial charge in [0.25, 0.3) is 0 Å². The molecule has 0 saturated heterocycles. The second-order valence-electron chi connectivity index (χ2n) is 14.1. The highest BCUT2D eigenvalue weighted by Gasteiger charge is 2.35. The lowest BCUT2D eigenvalue weighted by molar-refractivity contribution is 0.629. The highest BCUT2D eigenvalue weighted by atomic mass is 32.1. The van der Waals surface area contributed by atoms with Crippen molar-refractivity contribution in [2.75, 3.05) is 0 Å². The summed E-state index contributed by atoms with van der Waals surface area (Å²) in [5, 5.41) is 6.53. The Morgan fingerprint density at radius 2 is 1.12 bits per heavy atom. The Morgan fingerprint density at radius 1 is 0.480 bits per heavy atom. The molecule has 3 aromatic heterocycles. The maximum absolute atomic E-state index is 2.48. The van der Waals surface area contributed by atoms with Gasteiger partial charge in [0.05, 0.1) is 16.6 Å². The lowest BCUT2D eigenvalue weighted by Gasteiger charge is -2.34. The lowest BCUT2D eigenvalue weighted by Crippen LogP contribution is -2.26. The Balaban J connectivity index is 1.11. The third kappa shape index (κ3) is 3.68. The van der Waals surface area contributed by atoms with Gasteiger partial charge >= 0.3 is 0 Å². The Kier molecular flexibility index (Phi) is 5.64. The van der Waals surface area contributed by atoms with Crippen molar-refractivity contribution in [3.63, 3.8) is 0 Å². The van der Waals surface area contributed by atoms with Crippen LogP contribution in [0.25, 0.3) is 86.5 Å². The molecule has 0 aliphatic carbocycles. The second kappa shape index (κ2) is 10.1. The van der Waals surface area contributed by atoms with Crippen molar-refractivity contribution in [1.82, 2.24) is 9.13 Å². The molecule has 0 spiro atoms. The van der Waals surface area contributed by atoms with E-state index in [1.54, 1.807) is 0 Å². The standard InChI is InChI=1S/C47H32N2S/c1-47(2)39-19-7-9-21-42(39)48-27-26-37-43-38(28-40(47)44(37)48)34-14-6-8-20-41(34)49(43)31-24-22-30(23-25-31)33-16-11-18-36-35-17-10-15-32(45(35)50-46(33)36)29-12-4-3-5-13-29/h3-28H,1-2H3. The van der Waals surface area contributed by atoms with Gasteiger partial charge in [-0.25, -0.2) is 0 Å². The minimum Gasteiger partial charge on any atom is -0.316 e. The first-order chi connectivity index (χ1) is 24.6. The van der Waals surface area contributed by atoms with E-state index in [1.807, 2.05) is 11.3 Å². The van der Waals surface area contributed by atoms with Crippen LogP contribution in [0.2, 0.25) is 0 Å². The predicted molar refractivity (Wildman–Crippen MR) is 214 cm³/mol. The van der Waals surface area contributed by atoms with Gasteiger partial charge in [0.1, 0.15) is 0 Å². The maximum atomic E-state index is 2.48. The third-order valence-electron chi connectivity index (χ3n) is 11.2. The summed E-state index contributed by atoms with van der Waals surface area (Å²) in [5.41, 5.74) is 14.0. The van der Waals surface area contributed by atoms with Crippen molar-refractivity contribution in [2.24, 2.45) is 0 Å². The summed E-state index contributed by atoms with van der Waals surface area (Å²) in [6.07, 6.45) is 2.27. The summed E-state index contributed by atoms with van der Waals surface area (Å²) in [6.45, 7) is 4.75. The summed E-state index contributed by atoms with van der Waals surface area (Å²) < 4.78 is 7.57. The minimum atomic E-state index is -0.113. The van der Waals surface area contributed by atoms with Crippen LogP contribution in [0, 0.1) is 0 Å². The first-order valence-electron chi connectivity index (χ1n) is 17.4. The van der Waals surface area contributed by atoms with E-state index in [2.05, 4.69) is 181 Å². The molecule has 1 aliphatic rings. The van der Waals surface area contributed by atoms with Crippen LogP contribution in [0.15, 0.2) is 158 Å². The number of nitrogens with zero attached hydrogens (tertiary/aromatic N) is 2. The first kappa shape index (κ1) is 28.0. The summed E-state index contributed by atoms with van der Waals surface area (Å²) >= 11 is 1.91. The highest BCUT2D eigenvalue weighted by molar-refractivity contribution is 7.26. The molecule has 7 aromatic carbocycles. The van der Waals surface area contributed by atoms with Gasteiger partial charge in [-0.2, -0.15) is 0 Å². The van der Waals surface area contributed by atoms with Gasteiger partial charge in [-0.1, -0.05) is 129 Å². The number of para-hydroxylation sites is 2. The molecule has 0 atom stereocenters. The van der Waals surface area contributed by atoms with Crippen molar-refractivity contribution in [1.29, 1.82) is 0 Å². The van der Waals surface area contributed by atoms with E-state index in [0.29, 0.717) is 0 Å². The third-order valence-corrected chi connectivity index (χ3v) is 12.4. The topological polar surface area (TPSA) is 9.86 Å². The molecule has 11 rings (SSSR count). The van der Waals surface area contributed by atoms with Gasteiger partial charge in [-0.15, -0.1) is 11.3 Å². The molecular weight excluding hydrogens is 625 g/mol. The highest BCUT2D eigenvalue weighted by Crippen LogP contribution is 2.49. The van der Waals surface area contributed by atoms with Crippen LogP contribution >= 0.6 is 11.3 Å². The Morgan fingerprint density at radius 3 is 1.88 bits per heavy atom. The zero-order valence-corrected chi connectivity index (χ0v) is 28.6. The SMILES string of the molecule is CC1(C)c2ccccc2-n2ccc3c2c1cc1c2ccccc2n(-c2ccc(-c4cccc5c4sc4c(-c6ccccc6)cccc45)cc2)c13. The van der Waals surface area contributed by atoms with E-state index >= 15 is 0 Å². The van der Waals surface area contributed by atoms with Gasteiger partial charge in [-0.05, 0) is 69.8 Å². The maximum Gasteiger partial charge on any atom is 0.0635 e. The zero-order chi connectivity index (χ0) is 33.1. The number of thiophene rings is 1. The summed E-state index contributed by atoms with van der Waals surface area (Å²) in [5.74, 6) is 0. The van der Waals surface area contributed by atoms with E-state index in [4.69, 9.17) is 0 Å². The quantitative estimate of drug-likeness (QED) is 0.179. The second-order valence-corrected chi connectivity index (χ2v) is 15.2. The molecular formula is C47H32N2S. The molecule has 2 nitrogen and oxygen atoms in total. The van der Waals surface area contributed by atoms with E-state index in [0.717, 1.165) is 0 Å². The molecule has 0 radical (unpaired) electrons. The molecule has 3 heteroatoms. The number of hydrogen-bond acceptors (Lipinski definition) is 1. The number of hydrogen-bond donors (Lipinski definition) is 0. The average molecular weight is 657 g/mol. The monoisotopic (exact) mass is 656 g/mol. The number of benzene rings is 7. The zero-order valence-electron chi connectivity index (χ0n) is 27.8. The van der Waals surface area contributed by atoms with Gasteiger partial charge in [0.2, 0.25) is 0 Å². The van der Waals surface area contributed by atoms with E-state index in [9.17, 15) is 0 Å². The molecule has 0 saturated carbocycles. The van der Waals surface area contributed by atoms with E-state index in [1.165, 1.54) is 97.6 Å². The predicted octanol–water partition coefficient (Wildman–Crippen LogP) is 13.1. The first-order valence-corrected chi connectivity index (χ1v) is 18.2. The summed E-state index contributed by atoms with van der Waals surface area (Å²) in [4.78, 5) is 0. The van der Waals surface area contributed by atoms with E-state index in [-0.39, 0.29) is 5.41 Å². The van der Waals surface area contributed by atoms with Crippen LogP contribution in [-0.2, 0) is 5.41 Å². The van der Waals surface area contributed by atoms with Crippen LogP contribution < -0.4 is 0 Å². The molecule has 0 fully saturated rings. The van der Waals surface area contributed by atoms with Crippen molar-refractivity contribution >= 4 is 64.2 Å². The van der Waals surface area contributed by atoms with Crippen LogP contribution in [-0.4, -0.2) is 9.13 Å². The molecule has 0 bridgehead atoms. The molecule has 1 aliphatic heterocycles.